The number of aryl methyl sites for hydroxylation is 1. The zero-order chi connectivity index (χ0) is 17.6. The molecule has 0 atom stereocenters. The molecule has 132 valence electrons. The fourth-order valence-corrected chi connectivity index (χ4v) is 2.87. The molecule has 0 bridgehead atoms. The lowest BCUT2D eigenvalue weighted by Crippen LogP contribution is -2.44. The lowest BCUT2D eigenvalue weighted by atomic mass is 10.2. The first-order valence-electron chi connectivity index (χ1n) is 8.63. The molecule has 0 spiro atoms. The Morgan fingerprint density at radius 2 is 1.72 bits per heavy atom. The predicted octanol–water partition coefficient (Wildman–Crippen LogP) is 2.76. The van der Waals surface area contributed by atoms with E-state index in [9.17, 15) is 4.79 Å². The van der Waals surface area contributed by atoms with Gasteiger partial charge in [0.2, 0.25) is 0 Å². The highest BCUT2D eigenvalue weighted by Crippen LogP contribution is 2.26. The van der Waals surface area contributed by atoms with Crippen molar-refractivity contribution in [1.82, 2.24) is 4.90 Å². The largest absolute Gasteiger partial charge is 0.484 e. The normalized spacial score (nSPS) is 15.0. The fraction of sp³-hybridized carbons (Fsp3) is 0.350. The molecular weight excluding hydrogens is 314 g/mol. The van der Waals surface area contributed by atoms with E-state index in [-0.39, 0.29) is 12.5 Å². The number of carbonyl (C=O) groups is 1. The zero-order valence-electron chi connectivity index (χ0n) is 14.9. The number of benzene rings is 2. The van der Waals surface area contributed by atoms with Gasteiger partial charge in [-0.05, 0) is 38.2 Å². The van der Waals surface area contributed by atoms with E-state index in [2.05, 4.69) is 28.2 Å². The number of hydrogen-bond donors (Lipinski definition) is 1. The highest BCUT2D eigenvalue weighted by molar-refractivity contribution is 5.95. The lowest BCUT2D eigenvalue weighted by Gasteiger charge is -2.35. The number of anilines is 2. The number of likely N-dealkylation sites (N-methyl/N-ethyl adjacent to an activating group) is 1. The monoisotopic (exact) mass is 339 g/mol. The van der Waals surface area contributed by atoms with Gasteiger partial charge in [0.1, 0.15) is 5.75 Å². The van der Waals surface area contributed by atoms with Crippen LogP contribution in [0.5, 0.6) is 5.75 Å². The van der Waals surface area contributed by atoms with Gasteiger partial charge in [-0.25, -0.2) is 0 Å². The summed E-state index contributed by atoms with van der Waals surface area (Å²) in [6, 6.07) is 15.6. The summed E-state index contributed by atoms with van der Waals surface area (Å²) in [6.45, 7) is 6.00. The number of para-hydroxylation sites is 2. The Labute approximate surface area is 149 Å². The van der Waals surface area contributed by atoms with Crippen LogP contribution in [0.4, 0.5) is 11.4 Å². The molecule has 2 aromatic carbocycles. The Balaban J connectivity index is 1.60. The molecule has 0 unspecified atom stereocenters. The number of nitrogens with one attached hydrogen (secondary N) is 1. The minimum absolute atomic E-state index is 0.000132. The molecule has 1 N–H and O–H groups in total. The molecule has 0 aliphatic carbocycles. The van der Waals surface area contributed by atoms with E-state index in [4.69, 9.17) is 4.74 Å². The first kappa shape index (κ1) is 17.3. The first-order chi connectivity index (χ1) is 12.1. The smallest absolute Gasteiger partial charge is 0.262 e. The van der Waals surface area contributed by atoms with Crippen molar-refractivity contribution >= 4 is 17.3 Å². The summed E-state index contributed by atoms with van der Waals surface area (Å²) in [5.41, 5.74) is 3.07. The molecule has 5 nitrogen and oxygen atoms in total. The van der Waals surface area contributed by atoms with Gasteiger partial charge in [0.15, 0.2) is 6.61 Å². The molecule has 3 rings (SSSR count). The summed E-state index contributed by atoms with van der Waals surface area (Å²) in [4.78, 5) is 16.9. The molecule has 2 aromatic rings. The van der Waals surface area contributed by atoms with Crippen LogP contribution in [0.2, 0.25) is 0 Å². The van der Waals surface area contributed by atoms with E-state index in [0.717, 1.165) is 43.1 Å². The molecule has 1 aliphatic heterocycles. The van der Waals surface area contributed by atoms with Crippen LogP contribution in [0.15, 0.2) is 48.5 Å². The lowest BCUT2D eigenvalue weighted by molar-refractivity contribution is -0.118. The third-order valence-corrected chi connectivity index (χ3v) is 4.41. The van der Waals surface area contributed by atoms with Crippen molar-refractivity contribution in [3.05, 3.63) is 54.1 Å². The average Bonchev–Trinajstić information content (AvgIpc) is 2.63. The van der Waals surface area contributed by atoms with E-state index >= 15 is 0 Å². The van der Waals surface area contributed by atoms with Crippen LogP contribution in [0.3, 0.4) is 0 Å². The van der Waals surface area contributed by atoms with Crippen LogP contribution >= 0.6 is 0 Å². The molecule has 1 fully saturated rings. The van der Waals surface area contributed by atoms with Crippen LogP contribution in [0.25, 0.3) is 0 Å². The minimum atomic E-state index is -0.151. The molecule has 0 radical (unpaired) electrons. The summed E-state index contributed by atoms with van der Waals surface area (Å²) in [7, 11) is 2.13. The van der Waals surface area contributed by atoms with Gasteiger partial charge < -0.3 is 19.9 Å². The second kappa shape index (κ2) is 8.03. The number of nitrogens with zero attached hydrogens (tertiary/aromatic N) is 2. The van der Waals surface area contributed by atoms with Gasteiger partial charge in [-0.15, -0.1) is 0 Å². The molecule has 5 heteroatoms. The SMILES string of the molecule is Cc1ccc(OCC(=O)Nc2ccccc2N2CCN(C)CC2)cc1. The Hall–Kier alpha value is -2.53. The minimum Gasteiger partial charge on any atom is -0.484 e. The maximum absolute atomic E-state index is 12.3. The summed E-state index contributed by atoms with van der Waals surface area (Å²) < 4.78 is 5.56. The molecular formula is C20H25N3O2. The van der Waals surface area contributed by atoms with Crippen molar-refractivity contribution in [3.8, 4) is 5.75 Å². The van der Waals surface area contributed by atoms with E-state index in [1.807, 2.05) is 49.4 Å². The highest BCUT2D eigenvalue weighted by Gasteiger charge is 2.17. The van der Waals surface area contributed by atoms with Crippen molar-refractivity contribution in [2.45, 2.75) is 6.92 Å². The van der Waals surface area contributed by atoms with E-state index < -0.39 is 0 Å². The molecule has 1 amide bonds. The van der Waals surface area contributed by atoms with Gasteiger partial charge in [0, 0.05) is 26.2 Å². The number of hydrogen-bond acceptors (Lipinski definition) is 4. The zero-order valence-corrected chi connectivity index (χ0v) is 14.9. The highest BCUT2D eigenvalue weighted by atomic mass is 16.5. The Morgan fingerprint density at radius 3 is 2.44 bits per heavy atom. The number of carbonyl (C=O) groups excluding carboxylic acids is 1. The third-order valence-electron chi connectivity index (χ3n) is 4.41. The Morgan fingerprint density at radius 1 is 1.04 bits per heavy atom. The van der Waals surface area contributed by atoms with Gasteiger partial charge in [-0.1, -0.05) is 29.8 Å². The number of amides is 1. The van der Waals surface area contributed by atoms with Crippen LogP contribution in [0.1, 0.15) is 5.56 Å². The van der Waals surface area contributed by atoms with E-state index in [1.54, 1.807) is 0 Å². The second-order valence-electron chi connectivity index (χ2n) is 6.46. The van der Waals surface area contributed by atoms with Crippen molar-refractivity contribution in [2.24, 2.45) is 0 Å². The number of piperazine rings is 1. The predicted molar refractivity (Wildman–Crippen MR) is 101 cm³/mol. The van der Waals surface area contributed by atoms with Crippen molar-refractivity contribution in [2.75, 3.05) is 50.1 Å². The van der Waals surface area contributed by atoms with Crippen molar-refractivity contribution < 1.29 is 9.53 Å². The van der Waals surface area contributed by atoms with Crippen LogP contribution in [-0.4, -0.2) is 50.6 Å². The van der Waals surface area contributed by atoms with Crippen LogP contribution < -0.4 is 15.0 Å². The van der Waals surface area contributed by atoms with E-state index in [0.29, 0.717) is 5.75 Å². The molecule has 1 aliphatic rings. The summed E-state index contributed by atoms with van der Waals surface area (Å²) in [5, 5.41) is 2.98. The van der Waals surface area contributed by atoms with Crippen LogP contribution in [-0.2, 0) is 4.79 Å². The summed E-state index contributed by atoms with van der Waals surface area (Å²) in [5.74, 6) is 0.551. The van der Waals surface area contributed by atoms with Gasteiger partial charge in [0.25, 0.3) is 5.91 Å². The standard InChI is InChI=1S/C20H25N3O2/c1-16-7-9-17(10-8-16)25-15-20(24)21-18-5-3-4-6-19(18)23-13-11-22(2)12-14-23/h3-10H,11-15H2,1-2H3,(H,21,24). The first-order valence-corrected chi connectivity index (χ1v) is 8.63. The maximum Gasteiger partial charge on any atom is 0.262 e. The quantitative estimate of drug-likeness (QED) is 0.910. The number of rotatable bonds is 5. The third kappa shape index (κ3) is 4.73. The topological polar surface area (TPSA) is 44.8 Å². The maximum atomic E-state index is 12.3. The van der Waals surface area contributed by atoms with Gasteiger partial charge in [0.05, 0.1) is 11.4 Å². The molecule has 25 heavy (non-hydrogen) atoms. The molecule has 0 aromatic heterocycles. The number of ether oxygens (including phenoxy) is 1. The summed E-state index contributed by atoms with van der Waals surface area (Å²) >= 11 is 0. The fourth-order valence-electron chi connectivity index (χ4n) is 2.87. The molecule has 0 saturated carbocycles. The molecule has 1 heterocycles. The van der Waals surface area contributed by atoms with Crippen molar-refractivity contribution in [3.63, 3.8) is 0 Å². The Bertz CT molecular complexity index is 707. The van der Waals surface area contributed by atoms with Gasteiger partial charge in [-0.2, -0.15) is 0 Å². The summed E-state index contributed by atoms with van der Waals surface area (Å²) in [6.07, 6.45) is 0. The second-order valence-corrected chi connectivity index (χ2v) is 6.46. The van der Waals surface area contributed by atoms with E-state index in [1.165, 1.54) is 0 Å². The van der Waals surface area contributed by atoms with Crippen LogP contribution in [0, 0.1) is 6.92 Å². The average molecular weight is 339 g/mol. The molecule has 1 saturated heterocycles. The van der Waals surface area contributed by atoms with Gasteiger partial charge in [-0.3, -0.25) is 4.79 Å². The Kier molecular flexibility index (Phi) is 5.56. The van der Waals surface area contributed by atoms with Crippen molar-refractivity contribution in [1.29, 1.82) is 0 Å². The van der Waals surface area contributed by atoms with Gasteiger partial charge >= 0.3 is 0 Å².